The zero-order valence-corrected chi connectivity index (χ0v) is 12.9. The highest BCUT2D eigenvalue weighted by Gasteiger charge is 2.26. The summed E-state index contributed by atoms with van der Waals surface area (Å²) in [6.45, 7) is 0.170. The normalized spacial score (nSPS) is 15.4. The van der Waals surface area contributed by atoms with Crippen LogP contribution >= 0.6 is 0 Å². The quantitative estimate of drug-likeness (QED) is 0.872. The van der Waals surface area contributed by atoms with Gasteiger partial charge < -0.3 is 10.0 Å². The Morgan fingerprint density at radius 2 is 1.83 bits per heavy atom. The summed E-state index contributed by atoms with van der Waals surface area (Å²) in [6, 6.07) is 3.49. The van der Waals surface area contributed by atoms with Gasteiger partial charge in [0, 0.05) is 19.0 Å². The van der Waals surface area contributed by atoms with Gasteiger partial charge >= 0.3 is 5.97 Å². The summed E-state index contributed by atoms with van der Waals surface area (Å²) in [6.07, 6.45) is 4.55. The summed E-state index contributed by atoms with van der Waals surface area (Å²) in [7, 11) is 0. The van der Waals surface area contributed by atoms with Crippen LogP contribution in [0.5, 0.6) is 0 Å². The van der Waals surface area contributed by atoms with Gasteiger partial charge in [-0.2, -0.15) is 0 Å². The number of carboxylic acid groups (broad SMARTS) is 1. The average Bonchev–Trinajstić information content (AvgIpc) is 2.54. The van der Waals surface area contributed by atoms with E-state index in [9.17, 15) is 18.4 Å². The van der Waals surface area contributed by atoms with Crippen LogP contribution in [0.15, 0.2) is 18.2 Å². The molecule has 1 amide bonds. The number of carbonyl (C=O) groups is 2. The number of benzene rings is 1. The molecule has 126 valence electrons. The van der Waals surface area contributed by atoms with Gasteiger partial charge in [-0.25, -0.2) is 8.78 Å². The molecule has 0 spiro atoms. The molecule has 0 bridgehead atoms. The number of rotatable bonds is 6. The SMILES string of the molecule is O=C(O)CCN(Cc1ccc(F)c(F)c1)C(=O)C1CCCCC1. The smallest absolute Gasteiger partial charge is 0.305 e. The van der Waals surface area contributed by atoms with Gasteiger partial charge in [-0.15, -0.1) is 0 Å². The molecule has 1 saturated carbocycles. The molecule has 4 nitrogen and oxygen atoms in total. The maximum Gasteiger partial charge on any atom is 0.305 e. The average molecular weight is 325 g/mol. The van der Waals surface area contributed by atoms with Gasteiger partial charge in [0.1, 0.15) is 0 Å². The first kappa shape index (κ1) is 17.4. The minimum absolute atomic E-state index is 0.0731. The summed E-state index contributed by atoms with van der Waals surface area (Å²) in [5.41, 5.74) is 0.457. The number of carboxylic acids is 1. The lowest BCUT2D eigenvalue weighted by Crippen LogP contribution is -2.38. The van der Waals surface area contributed by atoms with Gasteiger partial charge in [0.05, 0.1) is 6.42 Å². The monoisotopic (exact) mass is 325 g/mol. The van der Waals surface area contributed by atoms with E-state index in [1.165, 1.54) is 11.0 Å². The van der Waals surface area contributed by atoms with E-state index >= 15 is 0 Å². The van der Waals surface area contributed by atoms with Crippen LogP contribution in [0.25, 0.3) is 0 Å². The highest BCUT2D eigenvalue weighted by atomic mass is 19.2. The van der Waals surface area contributed by atoms with Crippen LogP contribution < -0.4 is 0 Å². The van der Waals surface area contributed by atoms with Crippen LogP contribution in [0.1, 0.15) is 44.1 Å². The van der Waals surface area contributed by atoms with E-state index in [1.807, 2.05) is 0 Å². The highest BCUT2D eigenvalue weighted by Crippen LogP contribution is 2.26. The summed E-state index contributed by atoms with van der Waals surface area (Å²) in [5, 5.41) is 8.85. The van der Waals surface area contributed by atoms with Crippen LogP contribution in [0.3, 0.4) is 0 Å². The molecule has 0 radical (unpaired) electrons. The third-order valence-electron chi connectivity index (χ3n) is 4.22. The summed E-state index contributed by atoms with van der Waals surface area (Å²) in [5.74, 6) is -3.08. The number of amides is 1. The minimum atomic E-state index is -0.989. The Kier molecular flexibility index (Phi) is 6.07. The topological polar surface area (TPSA) is 57.6 Å². The van der Waals surface area contributed by atoms with Crippen molar-refractivity contribution in [1.82, 2.24) is 4.90 Å². The van der Waals surface area contributed by atoms with Crippen molar-refractivity contribution in [2.24, 2.45) is 5.92 Å². The fourth-order valence-corrected chi connectivity index (χ4v) is 2.96. The van der Waals surface area contributed by atoms with Gasteiger partial charge in [0.2, 0.25) is 5.91 Å². The molecule has 0 aromatic heterocycles. The molecule has 1 fully saturated rings. The highest BCUT2D eigenvalue weighted by molar-refractivity contribution is 5.79. The lowest BCUT2D eigenvalue weighted by Gasteiger charge is -2.29. The largest absolute Gasteiger partial charge is 0.481 e. The molecule has 1 aliphatic carbocycles. The van der Waals surface area contributed by atoms with E-state index in [0.717, 1.165) is 44.2 Å². The molecule has 0 unspecified atom stereocenters. The number of hydrogen-bond acceptors (Lipinski definition) is 2. The van der Waals surface area contributed by atoms with E-state index in [1.54, 1.807) is 0 Å². The fourth-order valence-electron chi connectivity index (χ4n) is 2.96. The molecule has 0 aliphatic heterocycles. The molecular formula is C17H21F2NO3. The van der Waals surface area contributed by atoms with Crippen molar-refractivity contribution in [3.05, 3.63) is 35.4 Å². The number of carbonyl (C=O) groups excluding carboxylic acids is 1. The first-order valence-corrected chi connectivity index (χ1v) is 7.92. The van der Waals surface area contributed by atoms with E-state index < -0.39 is 17.6 Å². The summed E-state index contributed by atoms with van der Waals surface area (Å²) in [4.78, 5) is 24.9. The Morgan fingerprint density at radius 3 is 2.43 bits per heavy atom. The van der Waals surface area contributed by atoms with Gasteiger partial charge in [-0.3, -0.25) is 9.59 Å². The van der Waals surface area contributed by atoms with Crippen molar-refractivity contribution >= 4 is 11.9 Å². The number of hydrogen-bond donors (Lipinski definition) is 1. The molecular weight excluding hydrogens is 304 g/mol. The maximum atomic E-state index is 13.3. The standard InChI is InChI=1S/C17H21F2NO3/c18-14-7-6-12(10-15(14)19)11-20(9-8-16(21)22)17(23)13-4-2-1-3-5-13/h6-7,10,13H,1-5,8-9,11H2,(H,21,22). The van der Waals surface area contributed by atoms with E-state index in [2.05, 4.69) is 0 Å². The van der Waals surface area contributed by atoms with Crippen LogP contribution in [-0.4, -0.2) is 28.4 Å². The van der Waals surface area contributed by atoms with Crippen molar-refractivity contribution in [3.8, 4) is 0 Å². The molecule has 6 heteroatoms. The second kappa shape index (κ2) is 8.04. The van der Waals surface area contributed by atoms with E-state index in [-0.39, 0.29) is 31.3 Å². The number of halogens is 2. The van der Waals surface area contributed by atoms with Crippen molar-refractivity contribution in [3.63, 3.8) is 0 Å². The Hall–Kier alpha value is -1.98. The Labute approximate surface area is 134 Å². The fraction of sp³-hybridized carbons (Fsp3) is 0.529. The van der Waals surface area contributed by atoms with Gasteiger partial charge in [-0.05, 0) is 30.5 Å². The first-order chi connectivity index (χ1) is 11.0. The van der Waals surface area contributed by atoms with Crippen LogP contribution in [0, 0.1) is 17.6 Å². The van der Waals surface area contributed by atoms with Crippen LogP contribution in [-0.2, 0) is 16.1 Å². The summed E-state index contributed by atoms with van der Waals surface area (Å²) < 4.78 is 26.3. The molecule has 1 aromatic carbocycles. The zero-order chi connectivity index (χ0) is 16.8. The Balaban J connectivity index is 2.10. The van der Waals surface area contributed by atoms with Gasteiger partial charge in [-0.1, -0.05) is 25.3 Å². The summed E-state index contributed by atoms with van der Waals surface area (Å²) >= 11 is 0. The van der Waals surface area contributed by atoms with Crippen molar-refractivity contribution in [1.29, 1.82) is 0 Å². The van der Waals surface area contributed by atoms with Crippen LogP contribution in [0.4, 0.5) is 8.78 Å². The molecule has 1 N–H and O–H groups in total. The lowest BCUT2D eigenvalue weighted by molar-refractivity contribution is -0.140. The molecule has 0 atom stereocenters. The molecule has 1 aliphatic rings. The van der Waals surface area contributed by atoms with Gasteiger partial charge in [0.15, 0.2) is 11.6 Å². The van der Waals surface area contributed by atoms with Crippen molar-refractivity contribution < 1.29 is 23.5 Å². The maximum absolute atomic E-state index is 13.3. The Bertz CT molecular complexity index is 571. The van der Waals surface area contributed by atoms with E-state index in [4.69, 9.17) is 5.11 Å². The third kappa shape index (κ3) is 5.01. The second-order valence-corrected chi connectivity index (χ2v) is 5.99. The Morgan fingerprint density at radius 1 is 1.13 bits per heavy atom. The number of aliphatic carboxylic acids is 1. The lowest BCUT2D eigenvalue weighted by atomic mass is 9.88. The molecule has 0 heterocycles. The van der Waals surface area contributed by atoms with Crippen LogP contribution in [0.2, 0.25) is 0 Å². The van der Waals surface area contributed by atoms with E-state index in [0.29, 0.717) is 5.56 Å². The third-order valence-corrected chi connectivity index (χ3v) is 4.22. The molecule has 2 rings (SSSR count). The molecule has 23 heavy (non-hydrogen) atoms. The zero-order valence-electron chi connectivity index (χ0n) is 12.9. The second-order valence-electron chi connectivity index (χ2n) is 5.99. The molecule has 0 saturated heterocycles. The first-order valence-electron chi connectivity index (χ1n) is 7.92. The van der Waals surface area contributed by atoms with Gasteiger partial charge in [0.25, 0.3) is 0 Å². The predicted octanol–water partition coefficient (Wildman–Crippen LogP) is 3.35. The molecule has 1 aromatic rings. The predicted molar refractivity (Wildman–Crippen MR) is 80.6 cm³/mol. The van der Waals surface area contributed by atoms with Crippen molar-refractivity contribution in [2.45, 2.75) is 45.1 Å². The van der Waals surface area contributed by atoms with Crippen molar-refractivity contribution in [2.75, 3.05) is 6.54 Å². The minimum Gasteiger partial charge on any atom is -0.481 e. The number of nitrogens with zero attached hydrogens (tertiary/aromatic N) is 1.